The van der Waals surface area contributed by atoms with Crippen LogP contribution in [0, 0.1) is 0 Å². The van der Waals surface area contributed by atoms with Gasteiger partial charge in [-0.25, -0.2) is 4.98 Å². The van der Waals surface area contributed by atoms with E-state index in [9.17, 15) is 13.2 Å². The normalized spacial score (nSPS) is 12.3. The molecule has 0 aromatic carbocycles. The number of ether oxygens (including phenoxy) is 1. The number of hydrogen-bond acceptors (Lipinski definition) is 3. The molecular weight excluding hydrogens is 321 g/mol. The van der Waals surface area contributed by atoms with Crippen molar-refractivity contribution < 1.29 is 17.9 Å². The average Bonchev–Trinajstić information content (AvgIpc) is 2.45. The van der Waals surface area contributed by atoms with Gasteiger partial charge in [0.1, 0.15) is 5.02 Å². The average molecular weight is 339 g/mol. The lowest BCUT2D eigenvalue weighted by molar-refractivity contribution is -0.137. The first kappa shape index (κ1) is 18.3. The highest BCUT2D eigenvalue weighted by Crippen LogP contribution is 2.33. The minimum absolute atomic E-state index is 0.0257. The topological polar surface area (TPSA) is 72.5 Å². The number of aromatic nitrogens is 1. The smallest absolute Gasteiger partial charge is 0.417 e. The maximum absolute atomic E-state index is 12.4. The summed E-state index contributed by atoms with van der Waals surface area (Å²) >= 11 is 5.71. The van der Waals surface area contributed by atoms with Crippen molar-refractivity contribution in [1.29, 1.82) is 0 Å². The second-order valence-electron chi connectivity index (χ2n) is 4.40. The molecule has 1 rings (SSSR count). The van der Waals surface area contributed by atoms with Gasteiger partial charge in [0, 0.05) is 19.3 Å². The molecule has 0 aliphatic heterocycles. The van der Waals surface area contributed by atoms with Gasteiger partial charge in [-0.15, -0.1) is 0 Å². The molecule has 0 unspecified atom stereocenters. The second-order valence-corrected chi connectivity index (χ2v) is 4.81. The van der Waals surface area contributed by atoms with Crippen molar-refractivity contribution in [2.24, 2.45) is 10.7 Å². The van der Waals surface area contributed by atoms with Crippen LogP contribution in [0.4, 0.5) is 13.2 Å². The van der Waals surface area contributed by atoms with Crippen LogP contribution in [0.5, 0.6) is 5.88 Å². The van der Waals surface area contributed by atoms with E-state index < -0.39 is 11.7 Å². The van der Waals surface area contributed by atoms with Crippen LogP contribution < -0.4 is 15.8 Å². The van der Waals surface area contributed by atoms with Gasteiger partial charge in [-0.2, -0.15) is 13.2 Å². The monoisotopic (exact) mass is 338 g/mol. The van der Waals surface area contributed by atoms with Crippen molar-refractivity contribution in [3.63, 3.8) is 0 Å². The summed E-state index contributed by atoms with van der Waals surface area (Å²) in [7, 11) is 0. The zero-order chi connectivity index (χ0) is 16.6. The molecule has 1 heterocycles. The fourth-order valence-corrected chi connectivity index (χ4v) is 1.65. The van der Waals surface area contributed by atoms with Crippen molar-refractivity contribution in [3.8, 4) is 5.88 Å². The molecule has 124 valence electrons. The molecule has 0 amide bonds. The van der Waals surface area contributed by atoms with E-state index in [1.165, 1.54) is 0 Å². The van der Waals surface area contributed by atoms with Gasteiger partial charge in [0.25, 0.3) is 0 Å². The van der Waals surface area contributed by atoms with Gasteiger partial charge in [0.15, 0.2) is 5.96 Å². The Kier molecular flexibility index (Phi) is 7.23. The Morgan fingerprint density at radius 3 is 2.82 bits per heavy atom. The Labute approximate surface area is 131 Å². The standard InChI is InChI=1S/C13H18ClF3N4O/c1-2-4-19-12(18)20-5-3-6-22-11-10(14)7-9(8-21-11)13(15,16)17/h7-8H,2-6H2,1H3,(H3,18,19,20). The summed E-state index contributed by atoms with van der Waals surface area (Å²) < 4.78 is 42.6. The lowest BCUT2D eigenvalue weighted by Crippen LogP contribution is -2.33. The van der Waals surface area contributed by atoms with E-state index in [4.69, 9.17) is 22.1 Å². The Balaban J connectivity index is 2.37. The third-order valence-corrected chi connectivity index (χ3v) is 2.78. The number of alkyl halides is 3. The number of nitrogens with one attached hydrogen (secondary N) is 1. The van der Waals surface area contributed by atoms with E-state index in [1.54, 1.807) is 0 Å². The van der Waals surface area contributed by atoms with Gasteiger partial charge in [0.05, 0.1) is 12.2 Å². The fourth-order valence-electron chi connectivity index (χ4n) is 1.43. The van der Waals surface area contributed by atoms with E-state index in [-0.39, 0.29) is 17.5 Å². The quantitative estimate of drug-likeness (QED) is 0.455. The van der Waals surface area contributed by atoms with Crippen LogP contribution in [-0.4, -0.2) is 30.6 Å². The number of nitrogens with zero attached hydrogens (tertiary/aromatic N) is 2. The van der Waals surface area contributed by atoms with E-state index in [2.05, 4.69) is 15.3 Å². The van der Waals surface area contributed by atoms with Gasteiger partial charge in [-0.1, -0.05) is 18.5 Å². The summed E-state index contributed by atoms with van der Waals surface area (Å²) in [4.78, 5) is 7.62. The summed E-state index contributed by atoms with van der Waals surface area (Å²) in [5.41, 5.74) is 4.68. The lowest BCUT2D eigenvalue weighted by Gasteiger charge is -2.10. The van der Waals surface area contributed by atoms with Crippen LogP contribution in [0.1, 0.15) is 25.3 Å². The molecule has 0 spiro atoms. The zero-order valence-corrected chi connectivity index (χ0v) is 12.8. The van der Waals surface area contributed by atoms with E-state index >= 15 is 0 Å². The van der Waals surface area contributed by atoms with E-state index in [0.717, 1.165) is 12.5 Å². The van der Waals surface area contributed by atoms with Crippen molar-refractivity contribution in [2.75, 3.05) is 19.7 Å². The van der Waals surface area contributed by atoms with Crippen LogP contribution in [0.15, 0.2) is 17.3 Å². The number of rotatable bonds is 7. The molecule has 1 aromatic rings. The van der Waals surface area contributed by atoms with Crippen LogP contribution >= 0.6 is 11.6 Å². The van der Waals surface area contributed by atoms with Gasteiger partial charge in [-0.3, -0.25) is 4.99 Å². The number of hydrogen-bond donors (Lipinski definition) is 2. The van der Waals surface area contributed by atoms with Crippen molar-refractivity contribution in [1.82, 2.24) is 10.3 Å². The Morgan fingerprint density at radius 2 is 2.23 bits per heavy atom. The first-order valence-corrected chi connectivity index (χ1v) is 7.11. The molecule has 0 fully saturated rings. The molecule has 3 N–H and O–H groups in total. The molecule has 0 aliphatic rings. The van der Waals surface area contributed by atoms with Gasteiger partial charge in [0.2, 0.25) is 5.88 Å². The molecule has 1 aromatic heterocycles. The van der Waals surface area contributed by atoms with Crippen LogP contribution in [0.2, 0.25) is 5.02 Å². The highest BCUT2D eigenvalue weighted by molar-refractivity contribution is 6.31. The van der Waals surface area contributed by atoms with Crippen molar-refractivity contribution in [2.45, 2.75) is 25.9 Å². The molecule has 0 saturated carbocycles. The maximum atomic E-state index is 12.4. The van der Waals surface area contributed by atoms with Crippen LogP contribution in [0.25, 0.3) is 0 Å². The zero-order valence-electron chi connectivity index (χ0n) is 12.1. The highest BCUT2D eigenvalue weighted by atomic mass is 35.5. The fraction of sp³-hybridized carbons (Fsp3) is 0.538. The third-order valence-electron chi connectivity index (χ3n) is 2.51. The van der Waals surface area contributed by atoms with Crippen molar-refractivity contribution >= 4 is 17.6 Å². The summed E-state index contributed by atoms with van der Waals surface area (Å²) in [6.07, 6.45) is -2.31. The summed E-state index contributed by atoms with van der Waals surface area (Å²) in [6.45, 7) is 3.41. The first-order valence-electron chi connectivity index (χ1n) is 6.74. The SMILES string of the molecule is CCCN=C(N)NCCCOc1ncc(C(F)(F)F)cc1Cl. The van der Waals surface area contributed by atoms with Crippen LogP contribution in [-0.2, 0) is 6.18 Å². The maximum Gasteiger partial charge on any atom is 0.417 e. The van der Waals surface area contributed by atoms with Crippen molar-refractivity contribution in [3.05, 3.63) is 22.8 Å². The minimum Gasteiger partial charge on any atom is -0.477 e. The van der Waals surface area contributed by atoms with Gasteiger partial charge < -0.3 is 15.8 Å². The molecule has 0 bridgehead atoms. The predicted molar refractivity (Wildman–Crippen MR) is 79.1 cm³/mol. The first-order chi connectivity index (χ1) is 10.3. The highest BCUT2D eigenvalue weighted by Gasteiger charge is 2.31. The van der Waals surface area contributed by atoms with E-state index in [0.29, 0.717) is 31.7 Å². The van der Waals surface area contributed by atoms with Gasteiger partial charge >= 0.3 is 6.18 Å². The molecule has 9 heteroatoms. The molecule has 0 radical (unpaired) electrons. The van der Waals surface area contributed by atoms with Gasteiger partial charge in [-0.05, 0) is 18.9 Å². The second kappa shape index (κ2) is 8.67. The lowest BCUT2D eigenvalue weighted by atomic mass is 10.3. The molecule has 5 nitrogen and oxygen atoms in total. The molecule has 0 saturated heterocycles. The number of nitrogens with two attached hydrogens (primary N) is 1. The Morgan fingerprint density at radius 1 is 1.50 bits per heavy atom. The number of guanidine groups is 1. The summed E-state index contributed by atoms with van der Waals surface area (Å²) in [6, 6.07) is 0.789. The number of pyridine rings is 1. The summed E-state index contributed by atoms with van der Waals surface area (Å²) in [5.74, 6) is 0.329. The number of halogens is 4. The van der Waals surface area contributed by atoms with Crippen LogP contribution in [0.3, 0.4) is 0 Å². The largest absolute Gasteiger partial charge is 0.477 e. The summed E-state index contributed by atoms with van der Waals surface area (Å²) in [5, 5.41) is 2.72. The Bertz CT molecular complexity index is 509. The predicted octanol–water partition coefficient (Wildman–Crippen LogP) is 2.84. The Hall–Kier alpha value is -1.70. The third kappa shape index (κ3) is 6.38. The molecule has 0 aliphatic carbocycles. The number of aliphatic imine (C=N–C) groups is 1. The molecule has 22 heavy (non-hydrogen) atoms. The minimum atomic E-state index is -4.48. The molecule has 0 atom stereocenters. The van der Waals surface area contributed by atoms with E-state index in [1.807, 2.05) is 6.92 Å². The molecular formula is C13H18ClF3N4O.